The maximum Gasteiger partial charge on any atom is 0.144 e. The molecule has 0 radical (unpaired) electrons. The van der Waals surface area contributed by atoms with Crippen molar-refractivity contribution in [3.8, 4) is 0 Å². The number of hydrogen-bond acceptors (Lipinski definition) is 3. The van der Waals surface area contributed by atoms with Gasteiger partial charge in [-0.2, -0.15) is 0 Å². The van der Waals surface area contributed by atoms with E-state index < -0.39 is 0 Å². The van der Waals surface area contributed by atoms with Gasteiger partial charge in [-0.3, -0.25) is 9.98 Å². The first-order valence-electron chi connectivity index (χ1n) is 4.68. The highest BCUT2D eigenvalue weighted by atomic mass is 14.9. The van der Waals surface area contributed by atoms with E-state index in [1.54, 1.807) is 7.05 Å². The molecule has 0 saturated heterocycles. The molecule has 0 atom stereocenters. The second-order valence-electron chi connectivity index (χ2n) is 3.30. The van der Waals surface area contributed by atoms with Crippen LogP contribution in [0.2, 0.25) is 0 Å². The van der Waals surface area contributed by atoms with E-state index in [1.165, 1.54) is 0 Å². The quantitative estimate of drug-likeness (QED) is 0.557. The zero-order valence-electron chi connectivity index (χ0n) is 8.73. The first-order valence-corrected chi connectivity index (χ1v) is 4.68. The molecular formula is C11H12N4. The van der Waals surface area contributed by atoms with Crippen LogP contribution in [0.4, 0.5) is 0 Å². The van der Waals surface area contributed by atoms with E-state index in [9.17, 15) is 0 Å². The van der Waals surface area contributed by atoms with Crippen LogP contribution < -0.4 is 5.73 Å². The summed E-state index contributed by atoms with van der Waals surface area (Å²) in [5.74, 6) is 0.442. The number of nitrogens with two attached hydrogens (primary N) is 1. The van der Waals surface area contributed by atoms with E-state index >= 15 is 0 Å². The van der Waals surface area contributed by atoms with Gasteiger partial charge in [-0.05, 0) is 31.2 Å². The Labute approximate surface area is 87.9 Å². The smallest absolute Gasteiger partial charge is 0.144 e. The lowest BCUT2D eigenvalue weighted by Gasteiger charge is -2.01. The Bertz CT molecular complexity index is 531. The van der Waals surface area contributed by atoms with Gasteiger partial charge in [-0.15, -0.1) is 0 Å². The molecule has 0 fully saturated rings. The second kappa shape index (κ2) is 3.65. The van der Waals surface area contributed by atoms with E-state index in [4.69, 9.17) is 5.73 Å². The third-order valence-corrected chi connectivity index (χ3v) is 2.18. The summed E-state index contributed by atoms with van der Waals surface area (Å²) in [6.07, 6.45) is 0. The SMILES string of the molecule is CN=C(N)c1ccc2nc(C)ccc2n1. The monoisotopic (exact) mass is 200 g/mol. The minimum Gasteiger partial charge on any atom is -0.382 e. The van der Waals surface area contributed by atoms with Crippen molar-refractivity contribution in [2.45, 2.75) is 6.92 Å². The number of aliphatic imine (C=N–C) groups is 1. The lowest BCUT2D eigenvalue weighted by Crippen LogP contribution is -2.14. The minimum absolute atomic E-state index is 0.442. The molecule has 15 heavy (non-hydrogen) atoms. The molecule has 0 bridgehead atoms. The maximum absolute atomic E-state index is 5.68. The molecule has 0 saturated carbocycles. The average Bonchev–Trinajstić information content (AvgIpc) is 2.27. The fourth-order valence-corrected chi connectivity index (χ4v) is 1.37. The highest BCUT2D eigenvalue weighted by Gasteiger charge is 2.02. The minimum atomic E-state index is 0.442. The number of amidine groups is 1. The molecule has 2 aromatic heterocycles. The van der Waals surface area contributed by atoms with Gasteiger partial charge in [0.05, 0.1) is 11.0 Å². The topological polar surface area (TPSA) is 64.2 Å². The molecule has 2 aromatic rings. The van der Waals surface area contributed by atoms with Crippen LogP contribution >= 0.6 is 0 Å². The Morgan fingerprint density at radius 3 is 2.53 bits per heavy atom. The van der Waals surface area contributed by atoms with Crippen LogP contribution in [-0.2, 0) is 0 Å². The molecule has 0 spiro atoms. The summed E-state index contributed by atoms with van der Waals surface area (Å²) in [4.78, 5) is 12.6. The van der Waals surface area contributed by atoms with Gasteiger partial charge in [0, 0.05) is 12.7 Å². The van der Waals surface area contributed by atoms with Crippen molar-refractivity contribution in [2.24, 2.45) is 10.7 Å². The molecule has 2 N–H and O–H groups in total. The Kier molecular flexibility index (Phi) is 2.33. The summed E-state index contributed by atoms with van der Waals surface area (Å²) in [6, 6.07) is 7.60. The summed E-state index contributed by atoms with van der Waals surface area (Å²) in [5.41, 5.74) is 9.07. The number of aromatic nitrogens is 2. The summed E-state index contributed by atoms with van der Waals surface area (Å²) < 4.78 is 0. The highest BCUT2D eigenvalue weighted by molar-refractivity contribution is 5.97. The number of fused-ring (bicyclic) bond motifs is 1. The predicted octanol–water partition coefficient (Wildman–Crippen LogP) is 1.27. The average molecular weight is 200 g/mol. The van der Waals surface area contributed by atoms with Gasteiger partial charge in [-0.25, -0.2) is 4.98 Å². The van der Waals surface area contributed by atoms with Gasteiger partial charge in [0.25, 0.3) is 0 Å². The van der Waals surface area contributed by atoms with Gasteiger partial charge < -0.3 is 5.73 Å². The molecule has 2 rings (SSSR count). The molecule has 0 aliphatic heterocycles. The normalized spacial score (nSPS) is 12.0. The van der Waals surface area contributed by atoms with Crippen LogP contribution in [0.1, 0.15) is 11.4 Å². The molecule has 0 aromatic carbocycles. The maximum atomic E-state index is 5.68. The van der Waals surface area contributed by atoms with Crippen molar-refractivity contribution in [1.29, 1.82) is 0 Å². The van der Waals surface area contributed by atoms with Gasteiger partial charge in [0.1, 0.15) is 11.5 Å². The first-order chi connectivity index (χ1) is 7.20. The third kappa shape index (κ3) is 1.79. The van der Waals surface area contributed by atoms with E-state index in [0.717, 1.165) is 16.7 Å². The number of pyridine rings is 2. The van der Waals surface area contributed by atoms with Crippen LogP contribution in [-0.4, -0.2) is 22.9 Å². The Morgan fingerprint density at radius 1 is 1.13 bits per heavy atom. The Balaban J connectivity index is 2.62. The van der Waals surface area contributed by atoms with Crippen molar-refractivity contribution in [3.63, 3.8) is 0 Å². The van der Waals surface area contributed by atoms with E-state index in [-0.39, 0.29) is 0 Å². The number of rotatable bonds is 1. The van der Waals surface area contributed by atoms with Gasteiger partial charge in [-0.1, -0.05) is 0 Å². The van der Waals surface area contributed by atoms with Crippen molar-refractivity contribution in [2.75, 3.05) is 7.05 Å². The third-order valence-electron chi connectivity index (χ3n) is 2.18. The standard InChI is InChI=1S/C11H12N4/c1-7-3-4-9-8(14-7)5-6-10(15-9)11(12)13-2/h3-6H,1-2H3,(H2,12,13). The highest BCUT2D eigenvalue weighted by Crippen LogP contribution is 2.10. The largest absolute Gasteiger partial charge is 0.382 e. The molecular weight excluding hydrogens is 188 g/mol. The molecule has 2 heterocycles. The number of nitrogens with zero attached hydrogens (tertiary/aromatic N) is 3. The van der Waals surface area contributed by atoms with Crippen LogP contribution in [0.3, 0.4) is 0 Å². The van der Waals surface area contributed by atoms with Gasteiger partial charge in [0.15, 0.2) is 0 Å². The molecule has 0 unspecified atom stereocenters. The Hall–Kier alpha value is -1.97. The van der Waals surface area contributed by atoms with Gasteiger partial charge >= 0.3 is 0 Å². The predicted molar refractivity (Wildman–Crippen MR) is 60.9 cm³/mol. The van der Waals surface area contributed by atoms with Gasteiger partial charge in [0.2, 0.25) is 0 Å². The van der Waals surface area contributed by atoms with Crippen molar-refractivity contribution >= 4 is 16.9 Å². The molecule has 0 amide bonds. The molecule has 4 heteroatoms. The summed E-state index contributed by atoms with van der Waals surface area (Å²) >= 11 is 0. The summed E-state index contributed by atoms with van der Waals surface area (Å²) in [5, 5.41) is 0. The summed E-state index contributed by atoms with van der Waals surface area (Å²) in [6.45, 7) is 1.95. The van der Waals surface area contributed by atoms with Crippen LogP contribution in [0.5, 0.6) is 0 Å². The fraction of sp³-hybridized carbons (Fsp3) is 0.182. The Morgan fingerprint density at radius 2 is 1.80 bits per heavy atom. The molecule has 4 nitrogen and oxygen atoms in total. The number of aryl methyl sites for hydroxylation is 1. The number of hydrogen-bond donors (Lipinski definition) is 1. The van der Waals surface area contributed by atoms with Crippen LogP contribution in [0, 0.1) is 6.92 Å². The lowest BCUT2D eigenvalue weighted by atomic mass is 10.2. The molecule has 76 valence electrons. The first kappa shape index (κ1) is 9.58. The second-order valence-corrected chi connectivity index (χ2v) is 3.30. The van der Waals surface area contributed by atoms with Crippen molar-refractivity contribution in [3.05, 3.63) is 35.7 Å². The zero-order chi connectivity index (χ0) is 10.8. The zero-order valence-corrected chi connectivity index (χ0v) is 8.73. The summed E-state index contributed by atoms with van der Waals surface area (Å²) in [7, 11) is 1.65. The fourth-order valence-electron chi connectivity index (χ4n) is 1.37. The van der Waals surface area contributed by atoms with Crippen molar-refractivity contribution in [1.82, 2.24) is 9.97 Å². The molecule has 0 aliphatic carbocycles. The van der Waals surface area contributed by atoms with E-state index in [2.05, 4.69) is 15.0 Å². The van der Waals surface area contributed by atoms with Crippen LogP contribution in [0.25, 0.3) is 11.0 Å². The van der Waals surface area contributed by atoms with E-state index in [1.807, 2.05) is 31.2 Å². The lowest BCUT2D eigenvalue weighted by molar-refractivity contribution is 1.22. The molecule has 0 aliphatic rings. The van der Waals surface area contributed by atoms with Crippen molar-refractivity contribution < 1.29 is 0 Å². The van der Waals surface area contributed by atoms with E-state index in [0.29, 0.717) is 11.5 Å². The van der Waals surface area contributed by atoms with Crippen LogP contribution in [0.15, 0.2) is 29.3 Å².